The molecule has 4 heterocycles. The molecule has 3 saturated heterocycles. The Balaban J connectivity index is 1.26. The second-order valence-corrected chi connectivity index (χ2v) is 9.40. The van der Waals surface area contributed by atoms with Gasteiger partial charge in [0, 0.05) is 38.3 Å². The Kier molecular flexibility index (Phi) is 6.83. The zero-order valence-corrected chi connectivity index (χ0v) is 19.5. The van der Waals surface area contributed by atoms with Gasteiger partial charge in [0.15, 0.2) is 5.76 Å². The molecule has 3 unspecified atom stereocenters. The van der Waals surface area contributed by atoms with Gasteiger partial charge < -0.3 is 19.5 Å². The molecule has 35 heavy (non-hydrogen) atoms. The van der Waals surface area contributed by atoms with E-state index in [1.807, 2.05) is 0 Å². The number of hydrazine groups is 1. The number of benzene rings is 1. The highest BCUT2D eigenvalue weighted by Gasteiger charge is 2.40. The molecule has 2 aromatic rings. The number of hydrogen-bond donors (Lipinski definition) is 3. The van der Waals surface area contributed by atoms with Crippen LogP contribution >= 0.6 is 0 Å². The number of fused-ring (bicyclic) bond motifs is 1. The summed E-state index contributed by atoms with van der Waals surface area (Å²) in [6.07, 6.45) is 4.39. The van der Waals surface area contributed by atoms with Gasteiger partial charge in [-0.05, 0) is 62.1 Å². The van der Waals surface area contributed by atoms with Crippen molar-refractivity contribution in [2.45, 2.75) is 37.8 Å². The zero-order chi connectivity index (χ0) is 24.4. The van der Waals surface area contributed by atoms with Gasteiger partial charge in [-0.25, -0.2) is 9.82 Å². The maximum atomic E-state index is 14.8. The second-order valence-electron chi connectivity index (χ2n) is 9.40. The summed E-state index contributed by atoms with van der Waals surface area (Å²) in [4.78, 5) is 41.3. The van der Waals surface area contributed by atoms with Gasteiger partial charge in [-0.3, -0.25) is 19.8 Å². The van der Waals surface area contributed by atoms with Crippen LogP contribution in [-0.2, 0) is 11.2 Å². The van der Waals surface area contributed by atoms with Gasteiger partial charge in [-0.15, -0.1) is 0 Å². The van der Waals surface area contributed by atoms with E-state index in [0.29, 0.717) is 39.0 Å². The molecule has 3 amide bonds. The van der Waals surface area contributed by atoms with E-state index < -0.39 is 5.82 Å². The number of nitrogens with one attached hydrogen (secondary N) is 3. The van der Waals surface area contributed by atoms with Gasteiger partial charge in [-0.1, -0.05) is 6.07 Å². The van der Waals surface area contributed by atoms with Crippen LogP contribution in [0.3, 0.4) is 0 Å². The summed E-state index contributed by atoms with van der Waals surface area (Å²) in [6, 6.07) is 7.85. The summed E-state index contributed by atoms with van der Waals surface area (Å²) in [5, 5.41) is 3.44. The Bertz CT molecular complexity index is 1090. The van der Waals surface area contributed by atoms with Crippen molar-refractivity contribution in [2.75, 3.05) is 32.7 Å². The Hall–Kier alpha value is -3.24. The number of piperidine rings is 1. The van der Waals surface area contributed by atoms with E-state index in [9.17, 15) is 18.8 Å². The largest absolute Gasteiger partial charge is 0.459 e. The van der Waals surface area contributed by atoms with Crippen molar-refractivity contribution < 1.29 is 23.2 Å². The summed E-state index contributed by atoms with van der Waals surface area (Å²) < 4.78 is 20.0. The van der Waals surface area contributed by atoms with Crippen molar-refractivity contribution in [3.8, 4) is 0 Å². The fraction of sp³-hybridized carbons (Fsp3) is 0.480. The highest BCUT2D eigenvalue weighted by Crippen LogP contribution is 2.24. The molecule has 3 atom stereocenters. The van der Waals surface area contributed by atoms with Crippen molar-refractivity contribution in [2.24, 2.45) is 5.92 Å². The third-order valence-electron chi connectivity index (χ3n) is 7.18. The number of carbonyl (C=O) groups is 3. The predicted molar refractivity (Wildman–Crippen MR) is 125 cm³/mol. The number of furan rings is 1. The van der Waals surface area contributed by atoms with Crippen molar-refractivity contribution in [3.05, 3.63) is 59.3 Å². The van der Waals surface area contributed by atoms with Crippen molar-refractivity contribution in [3.63, 3.8) is 0 Å². The molecule has 3 fully saturated rings. The number of rotatable bonds is 4. The molecule has 0 radical (unpaired) electrons. The number of halogens is 1. The molecular formula is C25H30FN5O4. The van der Waals surface area contributed by atoms with Gasteiger partial charge in [0.25, 0.3) is 11.8 Å². The second kappa shape index (κ2) is 10.2. The monoisotopic (exact) mass is 483 g/mol. The normalized spacial score (nSPS) is 24.9. The highest BCUT2D eigenvalue weighted by atomic mass is 19.1. The molecule has 10 heteroatoms. The average molecular weight is 484 g/mol. The molecule has 9 nitrogen and oxygen atoms in total. The van der Waals surface area contributed by atoms with E-state index in [2.05, 4.69) is 16.2 Å². The van der Waals surface area contributed by atoms with E-state index >= 15 is 0 Å². The quantitative estimate of drug-likeness (QED) is 0.606. The van der Waals surface area contributed by atoms with Crippen LogP contribution in [0.25, 0.3) is 0 Å². The Morgan fingerprint density at radius 3 is 2.63 bits per heavy atom. The summed E-state index contributed by atoms with van der Waals surface area (Å²) >= 11 is 0. The summed E-state index contributed by atoms with van der Waals surface area (Å²) in [5.41, 5.74) is 6.69. The van der Waals surface area contributed by atoms with Crippen LogP contribution in [0, 0.1) is 11.7 Å². The van der Waals surface area contributed by atoms with Crippen molar-refractivity contribution in [1.82, 2.24) is 26.0 Å². The smallest absolute Gasteiger partial charge is 0.289 e. The lowest BCUT2D eigenvalue weighted by molar-refractivity contribution is -0.131. The van der Waals surface area contributed by atoms with Crippen molar-refractivity contribution in [1.29, 1.82) is 0 Å². The van der Waals surface area contributed by atoms with E-state index in [1.54, 1.807) is 34.1 Å². The Labute approximate surface area is 203 Å². The van der Waals surface area contributed by atoms with Gasteiger partial charge in [-0.2, -0.15) is 0 Å². The number of carbonyl (C=O) groups excluding carboxylic acids is 3. The Morgan fingerprint density at radius 1 is 1.06 bits per heavy atom. The maximum absolute atomic E-state index is 14.8. The SMILES string of the molecule is O=C1NNC(Cc2ccc(F)c(C(=O)N3CCCN(C(=O)c4ccco4)CC3)c2)C2NCCCC12. The van der Waals surface area contributed by atoms with Crippen LogP contribution in [0.2, 0.25) is 0 Å². The van der Waals surface area contributed by atoms with E-state index in [1.165, 1.54) is 12.3 Å². The first-order valence-electron chi connectivity index (χ1n) is 12.2. The molecule has 3 aliphatic rings. The van der Waals surface area contributed by atoms with Crippen LogP contribution in [0.1, 0.15) is 45.7 Å². The van der Waals surface area contributed by atoms with Crippen molar-refractivity contribution >= 4 is 17.7 Å². The summed E-state index contributed by atoms with van der Waals surface area (Å²) in [5.74, 6) is -0.986. The highest BCUT2D eigenvalue weighted by molar-refractivity contribution is 5.95. The Morgan fingerprint density at radius 2 is 1.86 bits per heavy atom. The first-order chi connectivity index (χ1) is 17.0. The molecule has 186 valence electrons. The minimum absolute atomic E-state index is 0.00541. The summed E-state index contributed by atoms with van der Waals surface area (Å²) in [6.45, 7) is 2.47. The number of nitrogens with zero attached hydrogens (tertiary/aromatic N) is 2. The van der Waals surface area contributed by atoms with Crippen LogP contribution in [0.15, 0.2) is 41.0 Å². The predicted octanol–water partition coefficient (Wildman–Crippen LogP) is 1.32. The minimum atomic E-state index is -0.565. The molecule has 5 rings (SSSR count). The molecule has 0 aliphatic carbocycles. The molecule has 0 saturated carbocycles. The molecule has 1 aromatic heterocycles. The third-order valence-corrected chi connectivity index (χ3v) is 7.18. The standard InChI is InChI=1S/C25H30FN5O4/c26-19-7-6-16(15-20-22-17(4-1-8-27-22)23(32)29-28-20)14-18(19)24(33)30-9-3-10-31(12-11-30)25(34)21-5-2-13-35-21/h2,5-7,13-14,17,20,22,27-28H,1,3-4,8-12,15H2,(H,29,32). The van der Waals surface area contributed by atoms with Crippen LogP contribution in [0.5, 0.6) is 0 Å². The van der Waals surface area contributed by atoms with Gasteiger partial charge >= 0.3 is 0 Å². The molecule has 3 N–H and O–H groups in total. The maximum Gasteiger partial charge on any atom is 0.289 e. The fourth-order valence-corrected chi connectivity index (χ4v) is 5.32. The summed E-state index contributed by atoms with van der Waals surface area (Å²) in [7, 11) is 0. The lowest BCUT2D eigenvalue weighted by atomic mass is 9.82. The topological polar surface area (TPSA) is 107 Å². The van der Waals surface area contributed by atoms with Crippen LogP contribution < -0.4 is 16.2 Å². The number of hydrogen-bond acceptors (Lipinski definition) is 6. The van der Waals surface area contributed by atoms with Crippen LogP contribution in [0.4, 0.5) is 4.39 Å². The third kappa shape index (κ3) is 4.94. The van der Waals surface area contributed by atoms with Gasteiger partial charge in [0.1, 0.15) is 5.82 Å². The number of amides is 3. The average Bonchev–Trinajstić information content (AvgIpc) is 3.31. The van der Waals surface area contributed by atoms with E-state index in [4.69, 9.17) is 4.42 Å². The van der Waals surface area contributed by atoms with Gasteiger partial charge in [0.2, 0.25) is 5.91 Å². The lowest BCUT2D eigenvalue weighted by Gasteiger charge is -2.41. The fourth-order valence-electron chi connectivity index (χ4n) is 5.32. The van der Waals surface area contributed by atoms with E-state index in [0.717, 1.165) is 24.9 Å². The molecular weight excluding hydrogens is 453 g/mol. The molecule has 3 aliphatic heterocycles. The first kappa shape index (κ1) is 23.5. The minimum Gasteiger partial charge on any atom is -0.459 e. The molecule has 0 bridgehead atoms. The van der Waals surface area contributed by atoms with E-state index in [-0.39, 0.29) is 47.0 Å². The zero-order valence-electron chi connectivity index (χ0n) is 19.5. The lowest BCUT2D eigenvalue weighted by Crippen LogP contribution is -2.67. The first-order valence-corrected chi connectivity index (χ1v) is 12.2. The van der Waals surface area contributed by atoms with Gasteiger partial charge in [0.05, 0.1) is 17.7 Å². The van der Waals surface area contributed by atoms with Crippen LogP contribution in [-0.4, -0.2) is 72.3 Å². The molecule has 0 spiro atoms. The molecule has 1 aromatic carbocycles.